The van der Waals surface area contributed by atoms with E-state index in [1.807, 2.05) is 6.92 Å². The number of piperidine rings is 1. The first-order valence-electron chi connectivity index (χ1n) is 9.23. The van der Waals surface area contributed by atoms with Crippen molar-refractivity contribution in [2.24, 2.45) is 0 Å². The van der Waals surface area contributed by atoms with Crippen LogP contribution in [0.3, 0.4) is 0 Å². The summed E-state index contributed by atoms with van der Waals surface area (Å²) in [5.41, 5.74) is 2.50. The molecule has 3 fully saturated rings. The molecule has 4 rings (SSSR count). The highest BCUT2D eigenvalue weighted by Crippen LogP contribution is 2.44. The molecule has 1 aromatic rings. The van der Waals surface area contributed by atoms with Crippen LogP contribution in [0, 0.1) is 3.57 Å². The predicted octanol–water partition coefficient (Wildman–Crippen LogP) is 3.64. The molecule has 5 nitrogen and oxygen atoms in total. The van der Waals surface area contributed by atoms with Gasteiger partial charge in [-0.3, -0.25) is 4.90 Å². The number of likely N-dealkylation sites (tertiary alicyclic amines) is 1. The van der Waals surface area contributed by atoms with Crippen molar-refractivity contribution in [1.82, 2.24) is 10.2 Å². The maximum atomic E-state index is 11.4. The van der Waals surface area contributed by atoms with Gasteiger partial charge in [0.25, 0.3) is 0 Å². The standard InChI is InChI=1S/C19H25IN2O3/c1-2-24-17-10-16(20)15(13-3-4-13)9-14(17)11-22-7-5-19(6-8-22)12-21-18(23)25-19/h9-10,13H,2-8,11-12H2,1H3,(H,21,23). The summed E-state index contributed by atoms with van der Waals surface area (Å²) in [5.74, 6) is 1.76. The number of alkyl carbamates (subject to hydrolysis) is 1. The summed E-state index contributed by atoms with van der Waals surface area (Å²) in [5, 5.41) is 2.80. The van der Waals surface area contributed by atoms with Crippen LogP contribution in [0.15, 0.2) is 12.1 Å². The minimum atomic E-state index is -0.276. The fourth-order valence-electron chi connectivity index (χ4n) is 3.88. The number of hydrogen-bond acceptors (Lipinski definition) is 4. The maximum Gasteiger partial charge on any atom is 0.407 e. The molecule has 1 N–H and O–H groups in total. The number of hydrogen-bond donors (Lipinski definition) is 1. The van der Waals surface area contributed by atoms with E-state index in [2.05, 4.69) is 44.9 Å². The molecule has 136 valence electrons. The van der Waals surface area contributed by atoms with E-state index in [0.717, 1.165) is 44.1 Å². The van der Waals surface area contributed by atoms with Crippen LogP contribution in [-0.2, 0) is 11.3 Å². The Morgan fingerprint density at radius 3 is 2.72 bits per heavy atom. The summed E-state index contributed by atoms with van der Waals surface area (Å²) in [4.78, 5) is 13.8. The van der Waals surface area contributed by atoms with Crippen molar-refractivity contribution in [3.05, 3.63) is 26.8 Å². The third-order valence-electron chi connectivity index (χ3n) is 5.52. The number of carbonyl (C=O) groups excluding carboxylic acids is 1. The number of benzene rings is 1. The lowest BCUT2D eigenvalue weighted by Crippen LogP contribution is -2.46. The molecule has 1 amide bonds. The van der Waals surface area contributed by atoms with Crippen LogP contribution < -0.4 is 10.1 Å². The van der Waals surface area contributed by atoms with Gasteiger partial charge in [-0.25, -0.2) is 4.79 Å². The van der Waals surface area contributed by atoms with E-state index in [1.165, 1.54) is 27.5 Å². The van der Waals surface area contributed by atoms with Gasteiger partial charge in [0.05, 0.1) is 13.2 Å². The van der Waals surface area contributed by atoms with Crippen LogP contribution in [0.25, 0.3) is 0 Å². The molecule has 0 radical (unpaired) electrons. The molecule has 6 heteroatoms. The van der Waals surface area contributed by atoms with Gasteiger partial charge in [-0.15, -0.1) is 0 Å². The average Bonchev–Trinajstić information content (AvgIpc) is 3.37. The van der Waals surface area contributed by atoms with E-state index in [4.69, 9.17) is 9.47 Å². The van der Waals surface area contributed by atoms with E-state index in [1.54, 1.807) is 0 Å². The van der Waals surface area contributed by atoms with Crippen molar-refractivity contribution in [2.45, 2.75) is 50.7 Å². The Kier molecular flexibility index (Phi) is 4.83. The lowest BCUT2D eigenvalue weighted by atomic mass is 9.91. The fraction of sp³-hybridized carbons (Fsp3) is 0.632. The van der Waals surface area contributed by atoms with Crippen molar-refractivity contribution in [1.29, 1.82) is 0 Å². The molecule has 25 heavy (non-hydrogen) atoms. The third-order valence-corrected chi connectivity index (χ3v) is 6.46. The Bertz CT molecular complexity index is 667. The van der Waals surface area contributed by atoms with Crippen molar-refractivity contribution in [3.8, 4) is 5.75 Å². The molecule has 1 saturated carbocycles. The van der Waals surface area contributed by atoms with Gasteiger partial charge in [0, 0.05) is 41.6 Å². The summed E-state index contributed by atoms with van der Waals surface area (Å²) in [6.07, 6.45) is 4.16. The van der Waals surface area contributed by atoms with Crippen LogP contribution in [0.5, 0.6) is 5.75 Å². The summed E-state index contributed by atoms with van der Waals surface area (Å²) in [7, 11) is 0. The zero-order valence-corrected chi connectivity index (χ0v) is 16.8. The molecule has 0 aromatic heterocycles. The van der Waals surface area contributed by atoms with Crippen molar-refractivity contribution >= 4 is 28.7 Å². The van der Waals surface area contributed by atoms with Crippen LogP contribution in [0.2, 0.25) is 0 Å². The van der Waals surface area contributed by atoms with Gasteiger partial charge in [-0.1, -0.05) is 0 Å². The molecule has 1 aliphatic carbocycles. The highest BCUT2D eigenvalue weighted by molar-refractivity contribution is 14.1. The minimum Gasteiger partial charge on any atom is -0.494 e. The largest absolute Gasteiger partial charge is 0.494 e. The Hall–Kier alpha value is -1.02. The van der Waals surface area contributed by atoms with Crippen LogP contribution in [0.4, 0.5) is 4.79 Å². The number of ether oxygens (including phenoxy) is 2. The Morgan fingerprint density at radius 1 is 1.36 bits per heavy atom. The Morgan fingerprint density at radius 2 is 2.12 bits per heavy atom. The van der Waals surface area contributed by atoms with E-state index < -0.39 is 0 Å². The van der Waals surface area contributed by atoms with Gasteiger partial charge in [0.1, 0.15) is 11.4 Å². The quantitative estimate of drug-likeness (QED) is 0.688. The number of nitrogens with zero attached hydrogens (tertiary/aromatic N) is 1. The molecule has 1 aromatic carbocycles. The topological polar surface area (TPSA) is 50.8 Å². The monoisotopic (exact) mass is 456 g/mol. The van der Waals surface area contributed by atoms with E-state index in [-0.39, 0.29) is 11.7 Å². The van der Waals surface area contributed by atoms with Gasteiger partial charge >= 0.3 is 6.09 Å². The molecule has 2 heterocycles. The smallest absolute Gasteiger partial charge is 0.407 e. The maximum absolute atomic E-state index is 11.4. The number of amides is 1. The minimum absolute atomic E-state index is 0.265. The van der Waals surface area contributed by atoms with E-state index in [0.29, 0.717) is 13.2 Å². The lowest BCUT2D eigenvalue weighted by molar-refractivity contribution is -0.00115. The molecule has 1 spiro atoms. The van der Waals surface area contributed by atoms with Crippen LogP contribution in [-0.4, -0.2) is 42.8 Å². The van der Waals surface area contributed by atoms with Crippen LogP contribution in [0.1, 0.15) is 49.7 Å². The first-order valence-corrected chi connectivity index (χ1v) is 10.3. The lowest BCUT2D eigenvalue weighted by Gasteiger charge is -2.37. The second kappa shape index (κ2) is 6.95. The molecule has 3 aliphatic rings. The molecular weight excluding hydrogens is 431 g/mol. The van der Waals surface area contributed by atoms with Crippen LogP contribution >= 0.6 is 22.6 Å². The number of rotatable bonds is 5. The highest BCUT2D eigenvalue weighted by atomic mass is 127. The normalized spacial score (nSPS) is 22.7. The van der Waals surface area contributed by atoms with Crippen molar-refractivity contribution in [2.75, 3.05) is 26.2 Å². The predicted molar refractivity (Wildman–Crippen MR) is 104 cm³/mol. The number of nitrogens with one attached hydrogen (secondary N) is 1. The van der Waals surface area contributed by atoms with Gasteiger partial charge in [0.2, 0.25) is 0 Å². The third kappa shape index (κ3) is 3.74. The molecule has 0 atom stereocenters. The summed E-state index contributed by atoms with van der Waals surface area (Å²) in [6, 6.07) is 4.58. The zero-order valence-electron chi connectivity index (χ0n) is 14.6. The number of carbonyl (C=O) groups is 1. The van der Waals surface area contributed by atoms with Gasteiger partial charge in [-0.2, -0.15) is 0 Å². The second-order valence-electron chi connectivity index (χ2n) is 7.39. The molecule has 2 aliphatic heterocycles. The van der Waals surface area contributed by atoms with E-state index in [9.17, 15) is 4.79 Å². The van der Waals surface area contributed by atoms with Gasteiger partial charge in [0.15, 0.2) is 0 Å². The highest BCUT2D eigenvalue weighted by Gasteiger charge is 2.42. The first-order chi connectivity index (χ1) is 12.1. The molecule has 0 unspecified atom stereocenters. The fourth-order valence-corrected chi connectivity index (χ4v) is 4.76. The first kappa shape index (κ1) is 17.4. The second-order valence-corrected chi connectivity index (χ2v) is 8.55. The van der Waals surface area contributed by atoms with Crippen molar-refractivity contribution < 1.29 is 14.3 Å². The Balaban J connectivity index is 1.46. The summed E-state index contributed by atoms with van der Waals surface area (Å²) >= 11 is 2.44. The Labute approximate surface area is 162 Å². The van der Waals surface area contributed by atoms with Gasteiger partial charge < -0.3 is 14.8 Å². The molecule has 2 saturated heterocycles. The molecule has 0 bridgehead atoms. The zero-order chi connectivity index (χ0) is 17.4. The number of halogens is 1. The SMILES string of the molecule is CCOc1cc(I)c(C2CC2)cc1CN1CCC2(CC1)CNC(=O)O2. The van der Waals surface area contributed by atoms with Gasteiger partial charge in [-0.05, 0) is 66.0 Å². The van der Waals surface area contributed by atoms with Crippen molar-refractivity contribution in [3.63, 3.8) is 0 Å². The molecular formula is C19H25IN2O3. The summed E-state index contributed by atoms with van der Waals surface area (Å²) < 4.78 is 12.8. The average molecular weight is 456 g/mol. The summed E-state index contributed by atoms with van der Waals surface area (Å²) in [6.45, 7) is 6.19. The van der Waals surface area contributed by atoms with E-state index >= 15 is 0 Å².